The second-order valence-corrected chi connectivity index (χ2v) is 8.48. The lowest BCUT2D eigenvalue weighted by atomic mass is 10.0. The van der Waals surface area contributed by atoms with E-state index in [-0.39, 0.29) is 5.56 Å². The first-order chi connectivity index (χ1) is 15.9. The number of benzene rings is 2. The summed E-state index contributed by atoms with van der Waals surface area (Å²) < 4.78 is 12.5. The first kappa shape index (κ1) is 22.9. The van der Waals surface area contributed by atoms with Crippen LogP contribution >= 0.6 is 23.4 Å². The number of halogens is 1. The molecule has 4 rings (SSSR count). The Morgan fingerprint density at radius 2 is 1.85 bits per heavy atom. The molecule has 0 spiro atoms. The average Bonchev–Trinajstić information content (AvgIpc) is 2.84. The largest absolute Gasteiger partial charge is 0.497 e. The number of methoxy groups -OCH3 is 2. The smallest absolute Gasteiger partial charge is 0.260 e. The van der Waals surface area contributed by atoms with Crippen LogP contribution in [0.3, 0.4) is 0 Å². The fourth-order valence-corrected chi connectivity index (χ4v) is 4.23. The van der Waals surface area contributed by atoms with Crippen LogP contribution in [-0.2, 0) is 13.0 Å². The maximum atomic E-state index is 13.7. The normalized spacial score (nSPS) is 11.0. The van der Waals surface area contributed by atoms with Crippen molar-refractivity contribution in [1.82, 2.24) is 14.5 Å². The number of hydrogen-bond donors (Lipinski definition) is 1. The molecule has 0 aliphatic rings. The van der Waals surface area contributed by atoms with Gasteiger partial charge in [0.05, 0.1) is 19.2 Å². The molecule has 2 aromatic heterocycles. The van der Waals surface area contributed by atoms with E-state index >= 15 is 0 Å². The molecule has 0 amide bonds. The average molecular weight is 483 g/mol. The zero-order valence-electron chi connectivity index (χ0n) is 18.5. The first-order valence-electron chi connectivity index (χ1n) is 10.2. The minimum Gasteiger partial charge on any atom is -0.497 e. The van der Waals surface area contributed by atoms with Crippen LogP contribution in [-0.4, -0.2) is 35.0 Å². The second-order valence-electron chi connectivity index (χ2n) is 7.33. The van der Waals surface area contributed by atoms with Crippen molar-refractivity contribution < 1.29 is 9.47 Å². The molecule has 0 radical (unpaired) electrons. The Morgan fingerprint density at radius 3 is 2.52 bits per heavy atom. The first-order valence-corrected chi connectivity index (χ1v) is 11.8. The van der Waals surface area contributed by atoms with Crippen LogP contribution in [0.5, 0.6) is 11.5 Å². The molecule has 0 aliphatic heterocycles. The number of fused-ring (bicyclic) bond motifs is 1. The minimum absolute atomic E-state index is 0.207. The summed E-state index contributed by atoms with van der Waals surface area (Å²) in [7, 11) is 3.07. The molecular formula is C24H23ClN4O3S. The summed E-state index contributed by atoms with van der Waals surface area (Å²) in [5, 5.41) is 1.66. The SMILES string of the molecule is COc1cc(OC)c(Cl)c(-c2cc3cnc(SC)nc3n(CCc3ccc(N)cc3)c2=O)c1. The number of ether oxygens (including phenoxy) is 2. The molecule has 0 atom stereocenters. The van der Waals surface area contributed by atoms with E-state index < -0.39 is 0 Å². The van der Waals surface area contributed by atoms with E-state index in [1.807, 2.05) is 30.5 Å². The topological polar surface area (TPSA) is 92.3 Å². The van der Waals surface area contributed by atoms with Crippen molar-refractivity contribution in [1.29, 1.82) is 0 Å². The van der Waals surface area contributed by atoms with Gasteiger partial charge < -0.3 is 15.2 Å². The van der Waals surface area contributed by atoms with Gasteiger partial charge in [-0.2, -0.15) is 0 Å². The third kappa shape index (κ3) is 4.62. The van der Waals surface area contributed by atoms with Gasteiger partial charge in [-0.15, -0.1) is 0 Å². The van der Waals surface area contributed by atoms with E-state index in [2.05, 4.69) is 9.97 Å². The maximum Gasteiger partial charge on any atom is 0.260 e. The molecule has 2 aromatic carbocycles. The number of aromatic nitrogens is 3. The van der Waals surface area contributed by atoms with Crippen LogP contribution in [0.4, 0.5) is 5.69 Å². The van der Waals surface area contributed by atoms with Gasteiger partial charge >= 0.3 is 0 Å². The third-order valence-electron chi connectivity index (χ3n) is 5.35. The van der Waals surface area contributed by atoms with Gasteiger partial charge in [-0.1, -0.05) is 35.5 Å². The van der Waals surface area contributed by atoms with Crippen molar-refractivity contribution >= 4 is 40.1 Å². The number of hydrogen-bond acceptors (Lipinski definition) is 7. The van der Waals surface area contributed by atoms with Crippen LogP contribution in [0.15, 0.2) is 58.6 Å². The Balaban J connectivity index is 1.91. The summed E-state index contributed by atoms with van der Waals surface area (Å²) in [5.74, 6) is 0.959. The van der Waals surface area contributed by atoms with E-state index in [4.69, 9.17) is 26.8 Å². The van der Waals surface area contributed by atoms with E-state index in [9.17, 15) is 4.79 Å². The van der Waals surface area contributed by atoms with Gasteiger partial charge in [-0.25, -0.2) is 9.97 Å². The van der Waals surface area contributed by atoms with Crippen LogP contribution < -0.4 is 20.8 Å². The summed E-state index contributed by atoms with van der Waals surface area (Å²) in [6.07, 6.45) is 4.25. The van der Waals surface area contributed by atoms with Crippen LogP contribution in [0.25, 0.3) is 22.2 Å². The van der Waals surface area contributed by atoms with Gasteiger partial charge in [0.25, 0.3) is 5.56 Å². The number of pyridine rings is 1. The molecule has 7 nitrogen and oxygen atoms in total. The third-order valence-corrected chi connectivity index (χ3v) is 6.30. The highest BCUT2D eigenvalue weighted by molar-refractivity contribution is 7.98. The lowest BCUT2D eigenvalue weighted by molar-refractivity contribution is 0.395. The lowest BCUT2D eigenvalue weighted by Crippen LogP contribution is -2.24. The summed E-state index contributed by atoms with van der Waals surface area (Å²) in [6, 6.07) is 12.8. The number of rotatable bonds is 7. The lowest BCUT2D eigenvalue weighted by Gasteiger charge is -2.15. The second kappa shape index (κ2) is 9.72. The zero-order valence-corrected chi connectivity index (χ0v) is 20.0. The highest BCUT2D eigenvalue weighted by Gasteiger charge is 2.19. The van der Waals surface area contributed by atoms with Crippen LogP contribution in [0, 0.1) is 0 Å². The Hall–Kier alpha value is -3.23. The van der Waals surface area contributed by atoms with Gasteiger partial charge in [0.15, 0.2) is 5.16 Å². The fraction of sp³-hybridized carbons (Fsp3) is 0.208. The number of anilines is 1. The Kier molecular flexibility index (Phi) is 6.76. The number of aryl methyl sites for hydroxylation is 2. The molecule has 0 saturated carbocycles. The van der Waals surface area contributed by atoms with Crippen molar-refractivity contribution in [3.8, 4) is 22.6 Å². The van der Waals surface area contributed by atoms with Crippen LogP contribution in [0.2, 0.25) is 5.02 Å². The Morgan fingerprint density at radius 1 is 1.09 bits per heavy atom. The van der Waals surface area contributed by atoms with Crippen molar-refractivity contribution in [2.45, 2.75) is 18.1 Å². The van der Waals surface area contributed by atoms with Gasteiger partial charge in [0.1, 0.15) is 17.1 Å². The van der Waals surface area contributed by atoms with Crippen molar-refractivity contribution in [3.63, 3.8) is 0 Å². The molecule has 4 aromatic rings. The van der Waals surface area contributed by atoms with Crippen molar-refractivity contribution in [2.75, 3.05) is 26.2 Å². The molecular weight excluding hydrogens is 460 g/mol. The Labute approximate surface area is 200 Å². The highest BCUT2D eigenvalue weighted by atomic mass is 35.5. The molecule has 0 unspecified atom stereocenters. The molecule has 0 fully saturated rings. The van der Waals surface area contributed by atoms with E-state index in [1.54, 1.807) is 36.1 Å². The molecule has 33 heavy (non-hydrogen) atoms. The highest BCUT2D eigenvalue weighted by Crippen LogP contribution is 2.38. The molecule has 170 valence electrons. The summed E-state index contributed by atoms with van der Waals surface area (Å²) >= 11 is 8.03. The number of nitrogen functional groups attached to an aromatic ring is 1. The van der Waals surface area contributed by atoms with E-state index in [0.29, 0.717) is 57.1 Å². The standard InChI is InChI=1S/C24H23ClN4O3S/c1-31-17-11-18(21(25)20(12-17)32-2)19-10-15-13-27-24(33-3)28-22(15)29(23(19)30)9-8-14-4-6-16(26)7-5-14/h4-7,10-13H,8-9,26H2,1-3H3. The molecule has 0 aliphatic carbocycles. The number of nitrogens with two attached hydrogens (primary N) is 1. The van der Waals surface area contributed by atoms with Gasteiger partial charge in [-0.3, -0.25) is 9.36 Å². The predicted octanol–water partition coefficient (Wildman–Crippen LogP) is 4.68. The van der Waals surface area contributed by atoms with Crippen LogP contribution in [0.1, 0.15) is 5.56 Å². The van der Waals surface area contributed by atoms with Gasteiger partial charge in [-0.05, 0) is 42.5 Å². The number of thioether (sulfide) groups is 1. The van der Waals surface area contributed by atoms with Gasteiger partial charge in [0, 0.05) is 41.0 Å². The fourth-order valence-electron chi connectivity index (χ4n) is 3.60. The summed E-state index contributed by atoms with van der Waals surface area (Å²) in [6.45, 7) is 0.427. The molecule has 0 saturated heterocycles. The predicted molar refractivity (Wildman–Crippen MR) is 134 cm³/mol. The zero-order chi connectivity index (χ0) is 23.5. The van der Waals surface area contributed by atoms with E-state index in [1.165, 1.54) is 18.9 Å². The summed E-state index contributed by atoms with van der Waals surface area (Å²) in [5.41, 5.74) is 8.87. The summed E-state index contributed by atoms with van der Waals surface area (Å²) in [4.78, 5) is 22.8. The molecule has 2 N–H and O–H groups in total. The van der Waals surface area contributed by atoms with Crippen molar-refractivity contribution in [2.24, 2.45) is 0 Å². The van der Waals surface area contributed by atoms with Gasteiger partial charge in [0.2, 0.25) is 0 Å². The molecule has 9 heteroatoms. The Bertz CT molecular complexity index is 1370. The molecule has 2 heterocycles. The maximum absolute atomic E-state index is 13.7. The van der Waals surface area contributed by atoms with E-state index in [0.717, 1.165) is 10.9 Å². The number of nitrogens with zero attached hydrogens (tertiary/aromatic N) is 3. The quantitative estimate of drug-likeness (QED) is 0.232. The minimum atomic E-state index is -0.207. The molecule has 0 bridgehead atoms. The van der Waals surface area contributed by atoms with Crippen molar-refractivity contribution in [3.05, 3.63) is 69.6 Å². The monoisotopic (exact) mass is 482 g/mol.